The number of amides is 1. The number of pyridine rings is 1. The van der Waals surface area contributed by atoms with Crippen molar-refractivity contribution < 1.29 is 9.18 Å². The van der Waals surface area contributed by atoms with Crippen LogP contribution in [0.15, 0.2) is 24.5 Å². The SMILES string of the molecule is Cc1nc(C(C)C)ncc1C(=O)N(C)c1ccc(F)cn1. The summed E-state index contributed by atoms with van der Waals surface area (Å²) < 4.78 is 12.9. The van der Waals surface area contributed by atoms with E-state index in [-0.39, 0.29) is 11.8 Å². The molecule has 110 valence electrons. The van der Waals surface area contributed by atoms with E-state index in [2.05, 4.69) is 15.0 Å². The Bertz CT molecular complexity index is 655. The fourth-order valence-corrected chi connectivity index (χ4v) is 1.82. The Kier molecular flexibility index (Phi) is 4.26. The van der Waals surface area contributed by atoms with Crippen LogP contribution in [0.1, 0.15) is 41.6 Å². The molecule has 0 atom stereocenters. The first-order valence-electron chi connectivity index (χ1n) is 6.63. The van der Waals surface area contributed by atoms with Crippen LogP contribution in [-0.4, -0.2) is 27.9 Å². The molecule has 2 heterocycles. The summed E-state index contributed by atoms with van der Waals surface area (Å²) in [6.07, 6.45) is 2.60. The van der Waals surface area contributed by atoms with E-state index in [0.717, 1.165) is 6.20 Å². The van der Waals surface area contributed by atoms with Gasteiger partial charge in [-0.2, -0.15) is 0 Å². The normalized spacial score (nSPS) is 10.8. The van der Waals surface area contributed by atoms with E-state index in [4.69, 9.17) is 0 Å². The Morgan fingerprint density at radius 2 is 1.95 bits per heavy atom. The Labute approximate surface area is 122 Å². The number of aryl methyl sites for hydroxylation is 1. The van der Waals surface area contributed by atoms with Crippen molar-refractivity contribution in [2.24, 2.45) is 0 Å². The lowest BCUT2D eigenvalue weighted by atomic mass is 10.1. The molecular weight excluding hydrogens is 271 g/mol. The first-order chi connectivity index (χ1) is 9.90. The minimum Gasteiger partial charge on any atom is -0.296 e. The molecule has 2 rings (SSSR count). The predicted octanol–water partition coefficient (Wildman–Crippen LogP) is 2.72. The quantitative estimate of drug-likeness (QED) is 0.871. The standard InChI is InChI=1S/C15H17FN4O/c1-9(2)14-18-8-12(10(3)19-14)15(21)20(4)13-6-5-11(16)7-17-13/h5-9H,1-4H3. The van der Waals surface area contributed by atoms with Crippen molar-refractivity contribution in [3.05, 3.63) is 47.4 Å². The Balaban J connectivity index is 2.29. The van der Waals surface area contributed by atoms with Gasteiger partial charge in [0.15, 0.2) is 0 Å². The molecule has 0 saturated carbocycles. The third kappa shape index (κ3) is 3.21. The molecule has 21 heavy (non-hydrogen) atoms. The van der Waals surface area contributed by atoms with Gasteiger partial charge in [-0.1, -0.05) is 13.8 Å². The van der Waals surface area contributed by atoms with Gasteiger partial charge in [0.2, 0.25) is 0 Å². The van der Waals surface area contributed by atoms with Crippen molar-refractivity contribution in [2.45, 2.75) is 26.7 Å². The van der Waals surface area contributed by atoms with Crippen molar-refractivity contribution in [1.29, 1.82) is 0 Å². The maximum absolute atomic E-state index is 12.9. The van der Waals surface area contributed by atoms with Crippen LogP contribution in [0.3, 0.4) is 0 Å². The number of halogens is 1. The molecule has 2 aromatic rings. The van der Waals surface area contributed by atoms with Gasteiger partial charge in [0, 0.05) is 19.2 Å². The van der Waals surface area contributed by atoms with Crippen molar-refractivity contribution >= 4 is 11.7 Å². The van der Waals surface area contributed by atoms with Crippen molar-refractivity contribution in [2.75, 3.05) is 11.9 Å². The molecule has 0 radical (unpaired) electrons. The minimum absolute atomic E-state index is 0.198. The Hall–Kier alpha value is -2.37. The zero-order valence-corrected chi connectivity index (χ0v) is 12.5. The number of carbonyl (C=O) groups is 1. The van der Waals surface area contributed by atoms with Gasteiger partial charge in [-0.25, -0.2) is 19.3 Å². The van der Waals surface area contributed by atoms with Crippen LogP contribution < -0.4 is 4.90 Å². The number of aromatic nitrogens is 3. The number of hydrogen-bond acceptors (Lipinski definition) is 4. The van der Waals surface area contributed by atoms with E-state index in [9.17, 15) is 9.18 Å². The molecule has 0 spiro atoms. The molecule has 0 aromatic carbocycles. The molecule has 0 N–H and O–H groups in total. The summed E-state index contributed by atoms with van der Waals surface area (Å²) in [5.74, 6) is 0.548. The molecule has 0 fully saturated rings. The maximum atomic E-state index is 12.9. The number of nitrogens with zero attached hydrogens (tertiary/aromatic N) is 4. The van der Waals surface area contributed by atoms with E-state index >= 15 is 0 Å². The summed E-state index contributed by atoms with van der Waals surface area (Å²) >= 11 is 0. The third-order valence-corrected chi connectivity index (χ3v) is 3.10. The second-order valence-electron chi connectivity index (χ2n) is 5.08. The summed E-state index contributed by atoms with van der Waals surface area (Å²) in [4.78, 5) is 26.2. The average Bonchev–Trinajstić information content (AvgIpc) is 2.46. The summed E-state index contributed by atoms with van der Waals surface area (Å²) in [7, 11) is 1.58. The van der Waals surface area contributed by atoms with E-state index in [1.54, 1.807) is 14.0 Å². The van der Waals surface area contributed by atoms with E-state index in [1.165, 1.54) is 23.2 Å². The molecule has 1 amide bonds. The van der Waals surface area contributed by atoms with Gasteiger partial charge >= 0.3 is 0 Å². The number of rotatable bonds is 3. The highest BCUT2D eigenvalue weighted by Crippen LogP contribution is 2.16. The number of anilines is 1. The van der Waals surface area contributed by atoms with Crippen LogP contribution in [0, 0.1) is 12.7 Å². The lowest BCUT2D eigenvalue weighted by Gasteiger charge is -2.17. The molecular formula is C15H17FN4O. The van der Waals surface area contributed by atoms with Gasteiger partial charge in [-0.3, -0.25) is 9.69 Å². The minimum atomic E-state index is -0.444. The summed E-state index contributed by atoms with van der Waals surface area (Å²) in [5, 5.41) is 0. The fraction of sp³-hybridized carbons (Fsp3) is 0.333. The van der Waals surface area contributed by atoms with Crippen molar-refractivity contribution in [1.82, 2.24) is 15.0 Å². The Morgan fingerprint density at radius 3 is 2.48 bits per heavy atom. The zero-order chi connectivity index (χ0) is 15.6. The summed E-state index contributed by atoms with van der Waals surface area (Å²) in [6, 6.07) is 2.71. The van der Waals surface area contributed by atoms with Gasteiger partial charge in [-0.05, 0) is 19.1 Å². The molecule has 0 unspecified atom stereocenters. The second kappa shape index (κ2) is 5.95. The van der Waals surface area contributed by atoms with Gasteiger partial charge < -0.3 is 0 Å². The van der Waals surface area contributed by atoms with Crippen molar-refractivity contribution in [3.8, 4) is 0 Å². The highest BCUT2D eigenvalue weighted by atomic mass is 19.1. The lowest BCUT2D eigenvalue weighted by molar-refractivity contribution is 0.0990. The second-order valence-corrected chi connectivity index (χ2v) is 5.08. The highest BCUT2D eigenvalue weighted by molar-refractivity contribution is 6.05. The first-order valence-corrected chi connectivity index (χ1v) is 6.63. The van der Waals surface area contributed by atoms with Crippen molar-refractivity contribution in [3.63, 3.8) is 0 Å². The molecule has 0 aliphatic carbocycles. The summed E-state index contributed by atoms with van der Waals surface area (Å²) in [6.45, 7) is 5.75. The molecule has 0 bridgehead atoms. The fourth-order valence-electron chi connectivity index (χ4n) is 1.82. The molecule has 5 nitrogen and oxygen atoms in total. The molecule has 0 aliphatic rings. The molecule has 0 saturated heterocycles. The molecule has 6 heteroatoms. The largest absolute Gasteiger partial charge is 0.296 e. The first kappa shape index (κ1) is 15.0. The molecule has 2 aromatic heterocycles. The van der Waals surface area contributed by atoms with Crippen LogP contribution in [0.25, 0.3) is 0 Å². The van der Waals surface area contributed by atoms with Crippen LogP contribution in [0.5, 0.6) is 0 Å². The van der Waals surface area contributed by atoms with E-state index in [1.807, 2.05) is 13.8 Å². The lowest BCUT2D eigenvalue weighted by Crippen LogP contribution is -2.28. The topological polar surface area (TPSA) is 59.0 Å². The molecule has 0 aliphatic heterocycles. The van der Waals surface area contributed by atoms with E-state index < -0.39 is 5.82 Å². The van der Waals surface area contributed by atoms with Crippen LogP contribution in [0.4, 0.5) is 10.2 Å². The average molecular weight is 288 g/mol. The zero-order valence-electron chi connectivity index (χ0n) is 12.5. The van der Waals surface area contributed by atoms with Gasteiger partial charge in [0.05, 0.1) is 17.5 Å². The predicted molar refractivity (Wildman–Crippen MR) is 77.8 cm³/mol. The van der Waals surface area contributed by atoms with Gasteiger partial charge in [0.25, 0.3) is 5.91 Å². The number of hydrogen-bond donors (Lipinski definition) is 0. The van der Waals surface area contributed by atoms with Crippen LogP contribution in [0.2, 0.25) is 0 Å². The van der Waals surface area contributed by atoms with E-state index in [0.29, 0.717) is 22.9 Å². The smallest absolute Gasteiger partial charge is 0.262 e. The monoisotopic (exact) mass is 288 g/mol. The third-order valence-electron chi connectivity index (χ3n) is 3.10. The highest BCUT2D eigenvalue weighted by Gasteiger charge is 2.18. The maximum Gasteiger partial charge on any atom is 0.262 e. The van der Waals surface area contributed by atoms with Gasteiger partial charge in [0.1, 0.15) is 17.5 Å². The Morgan fingerprint density at radius 1 is 1.24 bits per heavy atom. The van der Waals surface area contributed by atoms with Crippen LogP contribution in [-0.2, 0) is 0 Å². The van der Waals surface area contributed by atoms with Crippen LogP contribution >= 0.6 is 0 Å². The summed E-state index contributed by atoms with van der Waals surface area (Å²) in [5.41, 5.74) is 1.03. The number of carbonyl (C=O) groups excluding carboxylic acids is 1. The van der Waals surface area contributed by atoms with Gasteiger partial charge in [-0.15, -0.1) is 0 Å².